The molecule has 4 heteroatoms. The highest BCUT2D eigenvalue weighted by molar-refractivity contribution is 6.06. The number of carbonyl (C=O) groups is 2. The van der Waals surface area contributed by atoms with Crippen molar-refractivity contribution in [1.82, 2.24) is 4.90 Å². The number of anilines is 1. The molecule has 6 rings (SSSR count). The summed E-state index contributed by atoms with van der Waals surface area (Å²) in [4.78, 5) is 29.1. The number of amides is 1. The molecule has 2 bridgehead atoms. The van der Waals surface area contributed by atoms with Gasteiger partial charge in [0, 0.05) is 28.8 Å². The molecule has 1 N–H and O–H groups in total. The molecule has 0 unspecified atom stereocenters. The second-order valence-corrected chi connectivity index (χ2v) is 10.4. The third kappa shape index (κ3) is 3.14. The van der Waals surface area contributed by atoms with E-state index in [0.29, 0.717) is 17.3 Å². The minimum atomic E-state index is -0.0985. The first-order valence-corrected chi connectivity index (χ1v) is 12.4. The van der Waals surface area contributed by atoms with E-state index in [1.54, 1.807) is 0 Å². The molecule has 3 fully saturated rings. The first kappa shape index (κ1) is 20.2. The largest absolute Gasteiger partial charge is 0.322 e. The molecule has 0 radical (unpaired) electrons. The minimum Gasteiger partial charge on any atom is -0.322 e. The van der Waals surface area contributed by atoms with Crippen LogP contribution in [0.3, 0.4) is 0 Å². The fourth-order valence-electron chi connectivity index (χ4n) is 7.00. The van der Waals surface area contributed by atoms with E-state index in [1.807, 2.05) is 42.5 Å². The average Bonchev–Trinajstić information content (AvgIpc) is 2.80. The number of carbonyl (C=O) groups excluding carboxylic acids is 2. The Labute approximate surface area is 190 Å². The number of hydrogen-bond donors (Lipinski definition) is 1. The molecule has 3 aliphatic carbocycles. The standard InChI is InChI=1S/C28H32N2O2/c31-26-22-13-12-21(29-27(32)20-9-2-1-3-10-20)17-24(22)28-14-5-4-11-23(28)25(26)30(16-15-28)18-19-7-6-8-19/h1-3,9-10,12-13,17,19,23,25H,4-8,11,14-16,18H2,(H,29,32)/t23-,25+,28-/m0/s1. The van der Waals surface area contributed by atoms with Crippen LogP contribution in [0, 0.1) is 11.8 Å². The van der Waals surface area contributed by atoms with Gasteiger partial charge in [-0.2, -0.15) is 0 Å². The van der Waals surface area contributed by atoms with Crippen LogP contribution in [0.1, 0.15) is 77.6 Å². The Morgan fingerprint density at radius 1 is 1.00 bits per heavy atom. The molecule has 1 amide bonds. The maximum absolute atomic E-state index is 13.8. The summed E-state index contributed by atoms with van der Waals surface area (Å²) in [7, 11) is 0. The van der Waals surface area contributed by atoms with Crippen LogP contribution in [0.15, 0.2) is 48.5 Å². The van der Waals surface area contributed by atoms with Crippen molar-refractivity contribution in [3.8, 4) is 0 Å². The van der Waals surface area contributed by atoms with Gasteiger partial charge in [-0.1, -0.05) is 37.5 Å². The first-order chi connectivity index (χ1) is 15.7. The third-order valence-corrected chi connectivity index (χ3v) is 8.82. The maximum Gasteiger partial charge on any atom is 0.255 e. The van der Waals surface area contributed by atoms with Crippen LogP contribution in [0.25, 0.3) is 0 Å². The number of nitrogens with zero attached hydrogens (tertiary/aromatic N) is 1. The van der Waals surface area contributed by atoms with E-state index in [4.69, 9.17) is 0 Å². The Morgan fingerprint density at radius 3 is 2.62 bits per heavy atom. The zero-order valence-electron chi connectivity index (χ0n) is 18.7. The zero-order valence-corrected chi connectivity index (χ0v) is 18.7. The molecule has 2 aromatic rings. The Bertz CT molecular complexity index is 1040. The van der Waals surface area contributed by atoms with Gasteiger partial charge in [0.05, 0.1) is 6.04 Å². The van der Waals surface area contributed by atoms with Gasteiger partial charge in [-0.05, 0) is 86.4 Å². The fourth-order valence-corrected chi connectivity index (χ4v) is 7.00. The summed E-state index contributed by atoms with van der Waals surface area (Å²) in [5, 5.41) is 3.08. The summed E-state index contributed by atoms with van der Waals surface area (Å²) >= 11 is 0. The van der Waals surface area contributed by atoms with Gasteiger partial charge in [0.2, 0.25) is 0 Å². The van der Waals surface area contributed by atoms with Crippen LogP contribution >= 0.6 is 0 Å². The molecule has 1 aliphatic heterocycles. The molecular weight excluding hydrogens is 396 g/mol. The minimum absolute atomic E-state index is 0.0573. The number of hydrogen-bond acceptors (Lipinski definition) is 3. The van der Waals surface area contributed by atoms with E-state index < -0.39 is 0 Å². The number of fused-ring (bicyclic) bond motifs is 1. The molecule has 3 atom stereocenters. The van der Waals surface area contributed by atoms with Crippen molar-refractivity contribution in [2.75, 3.05) is 18.4 Å². The smallest absolute Gasteiger partial charge is 0.255 e. The van der Waals surface area contributed by atoms with Crippen LogP contribution < -0.4 is 5.32 Å². The summed E-state index contributed by atoms with van der Waals surface area (Å²) in [5.41, 5.74) is 3.66. The Balaban J connectivity index is 1.35. The topological polar surface area (TPSA) is 49.4 Å². The summed E-state index contributed by atoms with van der Waals surface area (Å²) in [5.74, 6) is 1.43. The molecule has 2 saturated carbocycles. The molecule has 0 aromatic heterocycles. The van der Waals surface area contributed by atoms with Gasteiger partial charge in [-0.3, -0.25) is 14.5 Å². The number of likely N-dealkylation sites (tertiary alicyclic amines) is 1. The lowest BCUT2D eigenvalue weighted by Crippen LogP contribution is -2.64. The molecule has 2 aromatic carbocycles. The van der Waals surface area contributed by atoms with Crippen molar-refractivity contribution in [3.63, 3.8) is 0 Å². The third-order valence-electron chi connectivity index (χ3n) is 8.82. The number of Topliss-reactive ketones (excluding diaryl/α,β-unsaturated/α-hetero) is 1. The number of ketones is 1. The highest BCUT2D eigenvalue weighted by atomic mass is 16.1. The molecule has 4 nitrogen and oxygen atoms in total. The van der Waals surface area contributed by atoms with Crippen LogP contribution in [-0.4, -0.2) is 35.7 Å². The molecule has 0 spiro atoms. The van der Waals surface area contributed by atoms with Gasteiger partial charge in [-0.25, -0.2) is 0 Å². The summed E-state index contributed by atoms with van der Waals surface area (Å²) in [6, 6.07) is 15.4. The summed E-state index contributed by atoms with van der Waals surface area (Å²) in [6.45, 7) is 2.13. The lowest BCUT2D eigenvalue weighted by atomic mass is 9.52. The average molecular weight is 429 g/mol. The lowest BCUT2D eigenvalue weighted by molar-refractivity contribution is -0.0134. The Kier molecular flexibility index (Phi) is 4.94. The van der Waals surface area contributed by atoms with Crippen molar-refractivity contribution < 1.29 is 9.59 Å². The van der Waals surface area contributed by atoms with Gasteiger partial charge in [0.15, 0.2) is 5.78 Å². The molecule has 4 aliphatic rings. The number of benzene rings is 2. The van der Waals surface area contributed by atoms with Crippen molar-refractivity contribution in [2.45, 2.75) is 62.8 Å². The van der Waals surface area contributed by atoms with Crippen molar-refractivity contribution in [3.05, 3.63) is 65.2 Å². The van der Waals surface area contributed by atoms with Gasteiger partial charge in [0.25, 0.3) is 5.91 Å². The molecule has 1 heterocycles. The van der Waals surface area contributed by atoms with Crippen LogP contribution in [0.2, 0.25) is 0 Å². The van der Waals surface area contributed by atoms with Crippen molar-refractivity contribution >= 4 is 17.4 Å². The SMILES string of the molecule is O=C(Nc1ccc2c(c1)[C@]13CCCC[C@H]1[C@H](C2=O)N(CC1CCC1)CC3)c1ccccc1. The van der Waals surface area contributed by atoms with E-state index in [0.717, 1.165) is 43.1 Å². The lowest BCUT2D eigenvalue weighted by Gasteiger charge is -2.58. The van der Waals surface area contributed by atoms with Crippen molar-refractivity contribution in [1.29, 1.82) is 0 Å². The van der Waals surface area contributed by atoms with E-state index in [9.17, 15) is 9.59 Å². The highest BCUT2D eigenvalue weighted by Crippen LogP contribution is 2.56. The monoisotopic (exact) mass is 428 g/mol. The molecule has 1 saturated heterocycles. The Hall–Kier alpha value is -2.46. The Morgan fingerprint density at radius 2 is 1.84 bits per heavy atom. The number of rotatable bonds is 4. The normalized spacial score (nSPS) is 29.6. The second kappa shape index (κ2) is 7.84. The predicted octanol–water partition coefficient (Wildman–Crippen LogP) is 5.44. The van der Waals surface area contributed by atoms with E-state index in [1.165, 1.54) is 44.1 Å². The molecule has 166 valence electrons. The van der Waals surface area contributed by atoms with Gasteiger partial charge in [0.1, 0.15) is 0 Å². The highest BCUT2D eigenvalue weighted by Gasteiger charge is 2.57. The predicted molar refractivity (Wildman–Crippen MR) is 126 cm³/mol. The van der Waals surface area contributed by atoms with Crippen molar-refractivity contribution in [2.24, 2.45) is 11.8 Å². The number of piperidine rings is 1. The molecule has 32 heavy (non-hydrogen) atoms. The van der Waals surface area contributed by atoms with Crippen LogP contribution in [0.4, 0.5) is 5.69 Å². The summed E-state index contributed by atoms with van der Waals surface area (Å²) in [6.07, 6.45) is 9.93. The fraction of sp³-hybridized carbons (Fsp3) is 0.500. The first-order valence-electron chi connectivity index (χ1n) is 12.4. The van der Waals surface area contributed by atoms with E-state index in [-0.39, 0.29) is 17.4 Å². The maximum atomic E-state index is 13.8. The van der Waals surface area contributed by atoms with Gasteiger partial charge < -0.3 is 5.32 Å². The zero-order chi connectivity index (χ0) is 21.7. The number of nitrogens with one attached hydrogen (secondary N) is 1. The van der Waals surface area contributed by atoms with Gasteiger partial charge >= 0.3 is 0 Å². The van der Waals surface area contributed by atoms with Crippen LogP contribution in [0.5, 0.6) is 0 Å². The summed E-state index contributed by atoms with van der Waals surface area (Å²) < 4.78 is 0. The van der Waals surface area contributed by atoms with Crippen LogP contribution in [-0.2, 0) is 5.41 Å². The van der Waals surface area contributed by atoms with Gasteiger partial charge in [-0.15, -0.1) is 0 Å². The quantitative estimate of drug-likeness (QED) is 0.706. The van der Waals surface area contributed by atoms with E-state index in [2.05, 4.69) is 16.3 Å². The second-order valence-electron chi connectivity index (χ2n) is 10.4. The molecular formula is C28H32N2O2. The van der Waals surface area contributed by atoms with E-state index >= 15 is 0 Å².